The number of carbonyl (C=O) groups excluding carboxylic acids is 1. The zero-order chi connectivity index (χ0) is 13.8. The Balaban J connectivity index is 2.00. The first-order chi connectivity index (χ1) is 9.10. The number of nitrogens with one attached hydrogen (secondary N) is 2. The first-order valence-corrected chi connectivity index (χ1v) is 7.38. The van der Waals surface area contributed by atoms with Gasteiger partial charge in [-0.2, -0.15) is 0 Å². The van der Waals surface area contributed by atoms with E-state index in [2.05, 4.69) is 33.5 Å². The van der Waals surface area contributed by atoms with Crippen molar-refractivity contribution in [1.82, 2.24) is 5.32 Å². The third-order valence-corrected chi connectivity index (χ3v) is 4.09. The molecule has 1 heterocycles. The van der Waals surface area contributed by atoms with E-state index in [-0.39, 0.29) is 17.6 Å². The summed E-state index contributed by atoms with van der Waals surface area (Å²) in [6.45, 7) is 2.98. The number of amides is 1. The Morgan fingerprint density at radius 3 is 3.05 bits per heavy atom. The second-order valence-corrected chi connectivity index (χ2v) is 5.83. The molecule has 0 bridgehead atoms. The lowest BCUT2D eigenvalue weighted by Crippen LogP contribution is -2.46. The zero-order valence-corrected chi connectivity index (χ0v) is 12.5. The smallest absolute Gasteiger partial charge is 0.241 e. The van der Waals surface area contributed by atoms with Crippen molar-refractivity contribution in [3.05, 3.63) is 28.5 Å². The van der Waals surface area contributed by atoms with E-state index in [0.717, 1.165) is 25.8 Å². The maximum absolute atomic E-state index is 13.7. The summed E-state index contributed by atoms with van der Waals surface area (Å²) in [5, 5.41) is 5.85. The summed E-state index contributed by atoms with van der Waals surface area (Å²) in [5.41, 5.74) is 0.230. The van der Waals surface area contributed by atoms with Gasteiger partial charge in [0.15, 0.2) is 0 Å². The van der Waals surface area contributed by atoms with E-state index in [1.54, 1.807) is 12.1 Å². The summed E-state index contributed by atoms with van der Waals surface area (Å²) in [5.74, 6) is -0.00304. The Hall–Kier alpha value is -0.940. The van der Waals surface area contributed by atoms with E-state index in [1.807, 2.05) is 0 Å². The lowest BCUT2D eigenvalue weighted by molar-refractivity contribution is -0.119. The number of piperidine rings is 1. The van der Waals surface area contributed by atoms with Gasteiger partial charge in [-0.3, -0.25) is 4.79 Å². The van der Waals surface area contributed by atoms with Gasteiger partial charge in [0.25, 0.3) is 0 Å². The van der Waals surface area contributed by atoms with Crippen LogP contribution in [0, 0.1) is 11.7 Å². The Morgan fingerprint density at radius 1 is 1.58 bits per heavy atom. The van der Waals surface area contributed by atoms with Gasteiger partial charge >= 0.3 is 0 Å². The summed E-state index contributed by atoms with van der Waals surface area (Å²) >= 11 is 3.19. The van der Waals surface area contributed by atoms with Crippen LogP contribution in [-0.2, 0) is 4.79 Å². The lowest BCUT2D eigenvalue weighted by Gasteiger charge is -2.28. The SMILES string of the molecule is CCC1CCNC(C(=O)Nc2ccc(Br)cc2F)C1. The molecule has 104 valence electrons. The van der Waals surface area contributed by atoms with Gasteiger partial charge in [-0.05, 0) is 43.5 Å². The number of benzene rings is 1. The van der Waals surface area contributed by atoms with Crippen molar-refractivity contribution in [2.75, 3.05) is 11.9 Å². The van der Waals surface area contributed by atoms with Gasteiger partial charge in [-0.1, -0.05) is 29.3 Å². The fourth-order valence-electron chi connectivity index (χ4n) is 2.38. The number of rotatable bonds is 3. The average Bonchev–Trinajstić information content (AvgIpc) is 2.42. The number of hydrogen-bond acceptors (Lipinski definition) is 2. The van der Waals surface area contributed by atoms with Crippen LogP contribution in [0.5, 0.6) is 0 Å². The number of halogens is 2. The Labute approximate surface area is 121 Å². The van der Waals surface area contributed by atoms with Gasteiger partial charge in [-0.25, -0.2) is 4.39 Å². The molecule has 2 unspecified atom stereocenters. The monoisotopic (exact) mass is 328 g/mol. The molecule has 0 saturated carbocycles. The van der Waals surface area contributed by atoms with Crippen LogP contribution in [0.2, 0.25) is 0 Å². The van der Waals surface area contributed by atoms with Crippen LogP contribution in [0.3, 0.4) is 0 Å². The molecule has 1 aromatic carbocycles. The van der Waals surface area contributed by atoms with Crippen LogP contribution in [0.1, 0.15) is 26.2 Å². The van der Waals surface area contributed by atoms with Crippen molar-refractivity contribution < 1.29 is 9.18 Å². The van der Waals surface area contributed by atoms with E-state index in [0.29, 0.717) is 10.4 Å². The van der Waals surface area contributed by atoms with Crippen molar-refractivity contribution in [1.29, 1.82) is 0 Å². The molecule has 1 fully saturated rings. The van der Waals surface area contributed by atoms with Gasteiger partial charge in [0.05, 0.1) is 11.7 Å². The Kier molecular flexibility index (Phi) is 4.93. The van der Waals surface area contributed by atoms with Crippen molar-refractivity contribution in [3.8, 4) is 0 Å². The molecule has 1 aromatic rings. The maximum Gasteiger partial charge on any atom is 0.241 e. The third kappa shape index (κ3) is 3.76. The largest absolute Gasteiger partial charge is 0.322 e. The van der Waals surface area contributed by atoms with Gasteiger partial charge in [0.2, 0.25) is 5.91 Å². The highest BCUT2D eigenvalue weighted by molar-refractivity contribution is 9.10. The molecule has 3 nitrogen and oxygen atoms in total. The quantitative estimate of drug-likeness (QED) is 0.893. The minimum absolute atomic E-state index is 0.153. The lowest BCUT2D eigenvalue weighted by atomic mass is 9.90. The molecular formula is C14H18BrFN2O. The highest BCUT2D eigenvalue weighted by atomic mass is 79.9. The number of anilines is 1. The van der Waals surface area contributed by atoms with Crippen LogP contribution in [0.4, 0.5) is 10.1 Å². The molecule has 1 aliphatic rings. The molecule has 2 N–H and O–H groups in total. The van der Waals surface area contributed by atoms with Crippen molar-refractivity contribution in [2.24, 2.45) is 5.92 Å². The molecular weight excluding hydrogens is 311 g/mol. The van der Waals surface area contributed by atoms with Crippen LogP contribution in [0.25, 0.3) is 0 Å². The second-order valence-electron chi connectivity index (χ2n) is 4.92. The molecule has 19 heavy (non-hydrogen) atoms. The molecule has 0 radical (unpaired) electrons. The van der Waals surface area contributed by atoms with E-state index < -0.39 is 5.82 Å². The van der Waals surface area contributed by atoms with E-state index in [9.17, 15) is 9.18 Å². The average molecular weight is 329 g/mol. The minimum Gasteiger partial charge on any atom is -0.322 e. The van der Waals surface area contributed by atoms with Crippen molar-refractivity contribution in [3.63, 3.8) is 0 Å². The van der Waals surface area contributed by atoms with Gasteiger partial charge in [0.1, 0.15) is 5.82 Å². The number of carbonyl (C=O) groups is 1. The maximum atomic E-state index is 13.7. The van der Waals surface area contributed by atoms with Crippen molar-refractivity contribution >= 4 is 27.5 Å². The molecule has 0 aromatic heterocycles. The molecule has 1 aliphatic heterocycles. The fourth-order valence-corrected chi connectivity index (χ4v) is 2.71. The van der Waals surface area contributed by atoms with Crippen molar-refractivity contribution in [2.45, 2.75) is 32.2 Å². The number of hydrogen-bond donors (Lipinski definition) is 2. The van der Waals surface area contributed by atoms with E-state index in [1.165, 1.54) is 6.07 Å². The molecule has 2 atom stereocenters. The Morgan fingerprint density at radius 2 is 2.37 bits per heavy atom. The topological polar surface area (TPSA) is 41.1 Å². The zero-order valence-electron chi connectivity index (χ0n) is 10.9. The first-order valence-electron chi connectivity index (χ1n) is 6.59. The molecule has 1 amide bonds. The highest BCUT2D eigenvalue weighted by Crippen LogP contribution is 2.22. The van der Waals surface area contributed by atoms with Gasteiger partial charge in [0, 0.05) is 4.47 Å². The van der Waals surface area contributed by atoms with Gasteiger partial charge in [-0.15, -0.1) is 0 Å². The first kappa shape index (κ1) is 14.5. The molecule has 0 spiro atoms. The van der Waals surface area contributed by atoms with Gasteiger partial charge < -0.3 is 10.6 Å². The molecule has 0 aliphatic carbocycles. The van der Waals surface area contributed by atoms with Crippen LogP contribution in [-0.4, -0.2) is 18.5 Å². The van der Waals surface area contributed by atoms with Crippen LogP contribution < -0.4 is 10.6 Å². The third-order valence-electron chi connectivity index (χ3n) is 3.60. The van der Waals surface area contributed by atoms with Crippen LogP contribution in [0.15, 0.2) is 22.7 Å². The minimum atomic E-state index is -0.425. The fraction of sp³-hybridized carbons (Fsp3) is 0.500. The second kappa shape index (κ2) is 6.48. The standard InChI is InChI=1S/C14H18BrFN2O/c1-2-9-5-6-17-13(7-9)14(19)18-12-4-3-10(15)8-11(12)16/h3-4,8-9,13,17H,2,5-7H2,1H3,(H,18,19). The van der Waals surface area contributed by atoms with E-state index in [4.69, 9.17) is 0 Å². The predicted molar refractivity (Wildman–Crippen MR) is 77.5 cm³/mol. The summed E-state index contributed by atoms with van der Waals surface area (Å²) in [6.07, 6.45) is 3.01. The van der Waals surface area contributed by atoms with Crippen LogP contribution >= 0.6 is 15.9 Å². The normalized spacial score (nSPS) is 23.1. The predicted octanol–water partition coefficient (Wildman–Crippen LogP) is 3.30. The summed E-state index contributed by atoms with van der Waals surface area (Å²) < 4.78 is 14.3. The summed E-state index contributed by atoms with van der Waals surface area (Å²) in [4.78, 5) is 12.1. The summed E-state index contributed by atoms with van der Waals surface area (Å²) in [6, 6.07) is 4.40. The molecule has 2 rings (SSSR count). The summed E-state index contributed by atoms with van der Waals surface area (Å²) in [7, 11) is 0. The molecule has 1 saturated heterocycles. The van der Waals surface area contributed by atoms with E-state index >= 15 is 0 Å². The molecule has 5 heteroatoms. The Bertz CT molecular complexity index is 467. The highest BCUT2D eigenvalue weighted by Gasteiger charge is 2.26.